The summed E-state index contributed by atoms with van der Waals surface area (Å²) in [6.07, 6.45) is 1.35. The van der Waals surface area contributed by atoms with Crippen LogP contribution in [0.5, 0.6) is 0 Å². The van der Waals surface area contributed by atoms with Crippen molar-refractivity contribution in [2.75, 3.05) is 13.1 Å². The third-order valence-electron chi connectivity index (χ3n) is 2.08. The number of carbonyl (C=O) groups excluding carboxylic acids is 1. The lowest BCUT2D eigenvalue weighted by Crippen LogP contribution is -2.35. The molecule has 2 N–H and O–H groups in total. The maximum absolute atomic E-state index is 11.4. The third kappa shape index (κ3) is 3.72. The predicted molar refractivity (Wildman–Crippen MR) is 50.8 cm³/mol. The molecule has 0 bridgehead atoms. The summed E-state index contributed by atoms with van der Waals surface area (Å²) in [6, 6.07) is 0.0260. The third-order valence-corrected chi connectivity index (χ3v) is 2.08. The molecular weight excluding hydrogens is 152 g/mol. The van der Waals surface area contributed by atoms with E-state index in [4.69, 9.17) is 5.73 Å². The SMILES string of the molecule is CCC(N)CC(=O)N(CC)CC. The molecule has 0 rings (SSSR count). The summed E-state index contributed by atoms with van der Waals surface area (Å²) in [5, 5.41) is 0. The van der Waals surface area contributed by atoms with Crippen LogP contribution in [-0.2, 0) is 4.79 Å². The van der Waals surface area contributed by atoms with E-state index >= 15 is 0 Å². The highest BCUT2D eigenvalue weighted by atomic mass is 16.2. The van der Waals surface area contributed by atoms with Crippen molar-refractivity contribution in [1.29, 1.82) is 0 Å². The maximum atomic E-state index is 11.4. The molecule has 0 heterocycles. The van der Waals surface area contributed by atoms with Crippen LogP contribution in [-0.4, -0.2) is 29.9 Å². The van der Waals surface area contributed by atoms with Gasteiger partial charge in [0.2, 0.25) is 5.91 Å². The molecule has 0 aromatic carbocycles. The van der Waals surface area contributed by atoms with Gasteiger partial charge in [-0.3, -0.25) is 4.79 Å². The quantitative estimate of drug-likeness (QED) is 0.672. The minimum Gasteiger partial charge on any atom is -0.343 e. The van der Waals surface area contributed by atoms with E-state index in [1.54, 1.807) is 0 Å². The van der Waals surface area contributed by atoms with E-state index in [0.29, 0.717) is 6.42 Å². The summed E-state index contributed by atoms with van der Waals surface area (Å²) in [5.41, 5.74) is 5.67. The largest absolute Gasteiger partial charge is 0.343 e. The van der Waals surface area contributed by atoms with Gasteiger partial charge in [0.1, 0.15) is 0 Å². The second-order valence-electron chi connectivity index (χ2n) is 2.94. The molecule has 0 fully saturated rings. The summed E-state index contributed by atoms with van der Waals surface area (Å²) >= 11 is 0. The lowest BCUT2D eigenvalue weighted by molar-refractivity contribution is -0.131. The van der Waals surface area contributed by atoms with Crippen LogP contribution in [0, 0.1) is 0 Å². The van der Waals surface area contributed by atoms with Gasteiger partial charge in [0.05, 0.1) is 0 Å². The molecule has 0 aliphatic carbocycles. The lowest BCUT2D eigenvalue weighted by Gasteiger charge is -2.20. The van der Waals surface area contributed by atoms with Gasteiger partial charge in [-0.25, -0.2) is 0 Å². The Morgan fingerprint density at radius 1 is 1.33 bits per heavy atom. The van der Waals surface area contributed by atoms with Crippen LogP contribution in [0.4, 0.5) is 0 Å². The summed E-state index contributed by atoms with van der Waals surface area (Å²) in [5.74, 6) is 0.175. The van der Waals surface area contributed by atoms with Crippen LogP contribution < -0.4 is 5.73 Å². The fourth-order valence-corrected chi connectivity index (χ4v) is 1.07. The molecule has 3 nitrogen and oxygen atoms in total. The number of amides is 1. The number of hydrogen-bond donors (Lipinski definition) is 1. The van der Waals surface area contributed by atoms with Crippen molar-refractivity contribution < 1.29 is 4.79 Å². The Morgan fingerprint density at radius 3 is 2.17 bits per heavy atom. The summed E-state index contributed by atoms with van der Waals surface area (Å²) in [7, 11) is 0. The summed E-state index contributed by atoms with van der Waals surface area (Å²) < 4.78 is 0. The number of rotatable bonds is 5. The average molecular weight is 172 g/mol. The molecule has 1 atom stereocenters. The van der Waals surface area contributed by atoms with E-state index < -0.39 is 0 Å². The second kappa shape index (κ2) is 6.00. The van der Waals surface area contributed by atoms with Gasteiger partial charge in [0, 0.05) is 25.6 Å². The molecule has 0 aliphatic heterocycles. The fraction of sp³-hybridized carbons (Fsp3) is 0.889. The van der Waals surface area contributed by atoms with Gasteiger partial charge in [-0.2, -0.15) is 0 Å². The first-order valence-corrected chi connectivity index (χ1v) is 4.68. The van der Waals surface area contributed by atoms with Crippen LogP contribution in [0.15, 0.2) is 0 Å². The van der Waals surface area contributed by atoms with Crippen molar-refractivity contribution in [2.24, 2.45) is 5.73 Å². The lowest BCUT2D eigenvalue weighted by atomic mass is 10.1. The molecule has 3 heteroatoms. The fourth-order valence-electron chi connectivity index (χ4n) is 1.07. The Labute approximate surface area is 74.9 Å². The van der Waals surface area contributed by atoms with Crippen molar-refractivity contribution in [3.8, 4) is 0 Å². The minimum absolute atomic E-state index is 0.0260. The normalized spacial score (nSPS) is 12.7. The van der Waals surface area contributed by atoms with E-state index in [9.17, 15) is 4.79 Å². The predicted octanol–water partition coefficient (Wildman–Crippen LogP) is 0.982. The molecule has 0 aromatic rings. The van der Waals surface area contributed by atoms with Crippen molar-refractivity contribution >= 4 is 5.91 Å². The van der Waals surface area contributed by atoms with E-state index in [2.05, 4.69) is 0 Å². The first-order valence-electron chi connectivity index (χ1n) is 4.68. The van der Waals surface area contributed by atoms with Crippen molar-refractivity contribution in [2.45, 2.75) is 39.7 Å². The zero-order valence-electron chi connectivity index (χ0n) is 8.34. The Balaban J connectivity index is 3.84. The monoisotopic (exact) mass is 172 g/mol. The molecule has 72 valence electrons. The van der Waals surface area contributed by atoms with E-state index in [1.165, 1.54) is 0 Å². The first-order chi connectivity index (χ1) is 5.65. The Bertz CT molecular complexity index is 132. The average Bonchev–Trinajstić information content (AvgIpc) is 2.06. The number of nitrogens with two attached hydrogens (primary N) is 1. The van der Waals surface area contributed by atoms with Crippen LogP contribution >= 0.6 is 0 Å². The first kappa shape index (κ1) is 11.4. The van der Waals surface area contributed by atoms with Gasteiger partial charge in [-0.05, 0) is 20.3 Å². The zero-order valence-corrected chi connectivity index (χ0v) is 8.34. The molecule has 0 saturated carbocycles. The van der Waals surface area contributed by atoms with Crippen molar-refractivity contribution in [3.05, 3.63) is 0 Å². The van der Waals surface area contributed by atoms with E-state index in [1.807, 2.05) is 25.7 Å². The molecule has 0 aliphatic rings. The molecule has 1 amide bonds. The van der Waals surface area contributed by atoms with Crippen LogP contribution in [0.25, 0.3) is 0 Å². The Kier molecular flexibility index (Phi) is 5.72. The number of carbonyl (C=O) groups is 1. The van der Waals surface area contributed by atoms with Gasteiger partial charge in [0.25, 0.3) is 0 Å². The molecule has 0 spiro atoms. The second-order valence-corrected chi connectivity index (χ2v) is 2.94. The van der Waals surface area contributed by atoms with Crippen LogP contribution in [0.1, 0.15) is 33.6 Å². The highest BCUT2D eigenvalue weighted by molar-refractivity contribution is 5.76. The highest BCUT2D eigenvalue weighted by Gasteiger charge is 2.12. The van der Waals surface area contributed by atoms with Crippen LogP contribution in [0.2, 0.25) is 0 Å². The van der Waals surface area contributed by atoms with E-state index in [-0.39, 0.29) is 11.9 Å². The Morgan fingerprint density at radius 2 is 1.83 bits per heavy atom. The Hall–Kier alpha value is -0.570. The molecule has 0 radical (unpaired) electrons. The molecule has 1 unspecified atom stereocenters. The summed E-state index contributed by atoms with van der Waals surface area (Å²) in [6.45, 7) is 7.54. The van der Waals surface area contributed by atoms with Crippen LogP contribution in [0.3, 0.4) is 0 Å². The minimum atomic E-state index is 0.0260. The van der Waals surface area contributed by atoms with Gasteiger partial charge in [-0.1, -0.05) is 6.92 Å². The van der Waals surface area contributed by atoms with E-state index in [0.717, 1.165) is 19.5 Å². The molecule has 12 heavy (non-hydrogen) atoms. The zero-order chi connectivity index (χ0) is 9.56. The van der Waals surface area contributed by atoms with Crippen molar-refractivity contribution in [3.63, 3.8) is 0 Å². The standard InChI is InChI=1S/C9H20N2O/c1-4-8(10)7-9(12)11(5-2)6-3/h8H,4-7,10H2,1-3H3. The summed E-state index contributed by atoms with van der Waals surface area (Å²) in [4.78, 5) is 13.2. The maximum Gasteiger partial charge on any atom is 0.224 e. The molecule has 0 aromatic heterocycles. The van der Waals surface area contributed by atoms with Gasteiger partial charge in [-0.15, -0.1) is 0 Å². The smallest absolute Gasteiger partial charge is 0.224 e. The number of hydrogen-bond acceptors (Lipinski definition) is 2. The van der Waals surface area contributed by atoms with Crippen molar-refractivity contribution in [1.82, 2.24) is 4.90 Å². The van der Waals surface area contributed by atoms with Gasteiger partial charge in [0.15, 0.2) is 0 Å². The number of nitrogens with zero attached hydrogens (tertiary/aromatic N) is 1. The molecular formula is C9H20N2O. The highest BCUT2D eigenvalue weighted by Crippen LogP contribution is 1.99. The molecule has 0 saturated heterocycles. The van der Waals surface area contributed by atoms with Gasteiger partial charge < -0.3 is 10.6 Å². The topological polar surface area (TPSA) is 46.3 Å². The van der Waals surface area contributed by atoms with Gasteiger partial charge >= 0.3 is 0 Å².